The summed E-state index contributed by atoms with van der Waals surface area (Å²) in [4.78, 5) is 0. The molecule has 1 heterocycles. The van der Waals surface area contributed by atoms with E-state index in [2.05, 4.69) is 73.9 Å². The van der Waals surface area contributed by atoms with E-state index in [0.29, 0.717) is 11.0 Å². The van der Waals surface area contributed by atoms with Crippen LogP contribution in [0.5, 0.6) is 0 Å². The van der Waals surface area contributed by atoms with Crippen LogP contribution in [-0.2, 0) is 6.54 Å². The van der Waals surface area contributed by atoms with Gasteiger partial charge in [0.2, 0.25) is 0 Å². The summed E-state index contributed by atoms with van der Waals surface area (Å²) in [6.45, 7) is 11.5. The summed E-state index contributed by atoms with van der Waals surface area (Å²) in [7, 11) is 0. The van der Waals surface area contributed by atoms with Crippen molar-refractivity contribution >= 4 is 23.0 Å². The quantitative estimate of drug-likeness (QED) is 0.741. The molecule has 0 saturated carbocycles. The van der Waals surface area contributed by atoms with Crippen LogP contribution in [0.2, 0.25) is 0 Å². The second-order valence-electron chi connectivity index (χ2n) is 6.28. The summed E-state index contributed by atoms with van der Waals surface area (Å²) < 4.78 is 1.95. The van der Waals surface area contributed by atoms with E-state index < -0.39 is 0 Å². The van der Waals surface area contributed by atoms with Gasteiger partial charge in [-0.05, 0) is 63.0 Å². The van der Waals surface area contributed by atoms with Crippen molar-refractivity contribution in [3.8, 4) is 0 Å². The molecule has 0 aliphatic heterocycles. The van der Waals surface area contributed by atoms with Crippen molar-refractivity contribution in [1.29, 1.82) is 0 Å². The Kier molecular flexibility index (Phi) is 6.37. The highest BCUT2D eigenvalue weighted by molar-refractivity contribution is 7.80. The number of aryl methyl sites for hydroxylation is 2. The molecule has 5 heteroatoms. The molecule has 0 fully saturated rings. The number of nitrogens with one attached hydrogen (secondary N) is 2. The van der Waals surface area contributed by atoms with Crippen molar-refractivity contribution in [2.24, 2.45) is 0 Å². The number of hydrogen-bond donors (Lipinski definition) is 2. The molecule has 130 valence electrons. The summed E-state index contributed by atoms with van der Waals surface area (Å²) >= 11 is 5.45. The van der Waals surface area contributed by atoms with Gasteiger partial charge in [-0.3, -0.25) is 4.68 Å². The van der Waals surface area contributed by atoms with Gasteiger partial charge in [-0.2, -0.15) is 5.10 Å². The smallest absolute Gasteiger partial charge is 0.171 e. The molecule has 0 aliphatic carbocycles. The Hall–Kier alpha value is -1.88. The average Bonchev–Trinajstić information content (AvgIpc) is 2.95. The van der Waals surface area contributed by atoms with Crippen LogP contribution in [0, 0.1) is 6.92 Å². The van der Waals surface area contributed by atoms with Crippen LogP contribution in [-0.4, -0.2) is 14.9 Å². The zero-order valence-electron chi connectivity index (χ0n) is 15.3. The van der Waals surface area contributed by atoms with E-state index in [1.807, 2.05) is 11.6 Å². The Morgan fingerprint density at radius 2 is 1.88 bits per heavy atom. The molecule has 0 radical (unpaired) electrons. The fraction of sp³-hybridized carbons (Fsp3) is 0.474. The van der Waals surface area contributed by atoms with E-state index in [4.69, 9.17) is 12.2 Å². The maximum atomic E-state index is 5.45. The molecular weight excluding hydrogens is 316 g/mol. The largest absolute Gasteiger partial charge is 0.356 e. The third kappa shape index (κ3) is 4.57. The number of benzene rings is 1. The summed E-state index contributed by atoms with van der Waals surface area (Å²) in [6.07, 6.45) is 3.23. The zero-order valence-corrected chi connectivity index (χ0v) is 16.1. The predicted molar refractivity (Wildman–Crippen MR) is 106 cm³/mol. The summed E-state index contributed by atoms with van der Waals surface area (Å²) in [5, 5.41) is 11.7. The molecule has 0 saturated heterocycles. The molecular formula is C19H28N4S. The molecule has 4 nitrogen and oxygen atoms in total. The van der Waals surface area contributed by atoms with Crippen LogP contribution in [0.3, 0.4) is 0 Å². The van der Waals surface area contributed by atoms with E-state index in [9.17, 15) is 0 Å². The van der Waals surface area contributed by atoms with Gasteiger partial charge in [0, 0.05) is 24.0 Å². The van der Waals surface area contributed by atoms with Crippen molar-refractivity contribution in [3.05, 3.63) is 47.3 Å². The van der Waals surface area contributed by atoms with E-state index >= 15 is 0 Å². The van der Waals surface area contributed by atoms with Crippen molar-refractivity contribution in [2.75, 3.05) is 5.32 Å². The minimum Gasteiger partial charge on any atom is -0.356 e. The highest BCUT2D eigenvalue weighted by Gasteiger charge is 2.13. The Morgan fingerprint density at radius 1 is 1.21 bits per heavy atom. The Balaban J connectivity index is 1.96. The second-order valence-corrected chi connectivity index (χ2v) is 6.69. The number of rotatable bonds is 6. The van der Waals surface area contributed by atoms with Crippen molar-refractivity contribution < 1.29 is 0 Å². The number of nitrogens with zero attached hydrogens (tertiary/aromatic N) is 2. The number of aromatic nitrogens is 2. The maximum absolute atomic E-state index is 5.45. The minimum atomic E-state index is 0.115. The lowest BCUT2D eigenvalue weighted by Gasteiger charge is -2.17. The molecule has 0 spiro atoms. The molecule has 2 atom stereocenters. The molecule has 1 aromatic carbocycles. The predicted octanol–water partition coefficient (Wildman–Crippen LogP) is 4.77. The highest BCUT2D eigenvalue weighted by Crippen LogP contribution is 2.21. The third-order valence-corrected chi connectivity index (χ3v) is 4.69. The van der Waals surface area contributed by atoms with Gasteiger partial charge in [0.1, 0.15) is 0 Å². The lowest BCUT2D eigenvalue weighted by atomic mass is 9.99. The van der Waals surface area contributed by atoms with Gasteiger partial charge in [-0.15, -0.1) is 0 Å². The zero-order chi connectivity index (χ0) is 17.7. The molecule has 2 unspecified atom stereocenters. The van der Waals surface area contributed by atoms with Crippen LogP contribution in [0.25, 0.3) is 0 Å². The monoisotopic (exact) mass is 344 g/mol. The first-order valence-corrected chi connectivity index (χ1v) is 9.06. The molecule has 0 bridgehead atoms. The van der Waals surface area contributed by atoms with Gasteiger partial charge in [-0.1, -0.05) is 26.0 Å². The van der Waals surface area contributed by atoms with Gasteiger partial charge < -0.3 is 10.6 Å². The van der Waals surface area contributed by atoms with Gasteiger partial charge in [-0.25, -0.2) is 0 Å². The molecule has 0 aliphatic rings. The van der Waals surface area contributed by atoms with Gasteiger partial charge in [0.15, 0.2) is 5.11 Å². The third-order valence-electron chi connectivity index (χ3n) is 4.47. The fourth-order valence-corrected chi connectivity index (χ4v) is 2.99. The normalized spacial score (nSPS) is 13.4. The summed E-state index contributed by atoms with van der Waals surface area (Å²) in [6, 6.07) is 8.61. The maximum Gasteiger partial charge on any atom is 0.171 e. The van der Waals surface area contributed by atoms with E-state index in [-0.39, 0.29) is 6.04 Å². The van der Waals surface area contributed by atoms with Crippen LogP contribution in [0.4, 0.5) is 5.69 Å². The first-order valence-electron chi connectivity index (χ1n) is 8.66. The lowest BCUT2D eigenvalue weighted by molar-refractivity contribution is 0.651. The summed E-state index contributed by atoms with van der Waals surface area (Å²) in [5.74, 6) is 0.585. The molecule has 1 aromatic heterocycles. The van der Waals surface area contributed by atoms with Crippen molar-refractivity contribution in [1.82, 2.24) is 15.1 Å². The van der Waals surface area contributed by atoms with Crippen molar-refractivity contribution in [2.45, 2.75) is 59.5 Å². The second kappa shape index (κ2) is 8.29. The molecule has 2 N–H and O–H groups in total. The van der Waals surface area contributed by atoms with Gasteiger partial charge in [0.25, 0.3) is 0 Å². The van der Waals surface area contributed by atoms with E-state index in [1.54, 1.807) is 0 Å². The molecule has 2 rings (SSSR count). The first-order chi connectivity index (χ1) is 11.4. The topological polar surface area (TPSA) is 41.9 Å². The van der Waals surface area contributed by atoms with Crippen LogP contribution < -0.4 is 10.6 Å². The van der Waals surface area contributed by atoms with Crippen LogP contribution in [0.15, 0.2) is 30.5 Å². The van der Waals surface area contributed by atoms with Gasteiger partial charge in [0.05, 0.1) is 11.7 Å². The number of anilines is 1. The van der Waals surface area contributed by atoms with E-state index in [1.165, 1.54) is 11.1 Å². The molecule has 24 heavy (non-hydrogen) atoms. The lowest BCUT2D eigenvalue weighted by Crippen LogP contribution is -2.31. The standard InChI is InChI=1S/C19H28N4S/c1-6-13(3)16-8-10-17(11-9-16)21-19(24)20-14(4)18-12-23(7-2)22-15(18)5/h8-14H,6-7H2,1-5H3,(H2,20,21,24). The van der Waals surface area contributed by atoms with Crippen LogP contribution >= 0.6 is 12.2 Å². The van der Waals surface area contributed by atoms with Gasteiger partial charge >= 0.3 is 0 Å². The number of thiocarbonyl (C=S) groups is 1. The SMILES string of the molecule is CCC(C)c1ccc(NC(=S)NC(C)c2cn(CC)nc2C)cc1. The Labute approximate surface area is 150 Å². The summed E-state index contributed by atoms with van der Waals surface area (Å²) in [5.41, 5.74) is 4.58. The Morgan fingerprint density at radius 3 is 2.42 bits per heavy atom. The van der Waals surface area contributed by atoms with Crippen molar-refractivity contribution in [3.63, 3.8) is 0 Å². The van der Waals surface area contributed by atoms with Crippen LogP contribution in [0.1, 0.15) is 62.9 Å². The molecule has 2 aromatic rings. The first kappa shape index (κ1) is 18.5. The Bertz CT molecular complexity index is 675. The molecule has 0 amide bonds. The average molecular weight is 345 g/mol. The number of hydrogen-bond acceptors (Lipinski definition) is 2. The minimum absolute atomic E-state index is 0.115. The highest BCUT2D eigenvalue weighted by atomic mass is 32.1. The van der Waals surface area contributed by atoms with E-state index in [0.717, 1.165) is 24.3 Å². The fourth-order valence-electron chi connectivity index (χ4n) is 2.69.